The van der Waals surface area contributed by atoms with Gasteiger partial charge in [-0.3, -0.25) is 9.48 Å². The molecule has 11 heteroatoms. The zero-order valence-electron chi connectivity index (χ0n) is 19.5. The summed E-state index contributed by atoms with van der Waals surface area (Å²) < 4.78 is 42.0. The van der Waals surface area contributed by atoms with E-state index < -0.39 is 11.7 Å². The van der Waals surface area contributed by atoms with Gasteiger partial charge in [0.15, 0.2) is 5.17 Å². The number of hydrogen-bond donors (Lipinski definition) is 1. The monoisotopic (exact) mass is 533 g/mol. The first-order valence-corrected chi connectivity index (χ1v) is 12.6. The molecule has 36 heavy (non-hydrogen) atoms. The summed E-state index contributed by atoms with van der Waals surface area (Å²) in [5, 5.41) is 9.18. The summed E-state index contributed by atoms with van der Waals surface area (Å²) >= 11 is 7.14. The van der Waals surface area contributed by atoms with Crippen LogP contribution < -0.4 is 5.32 Å². The van der Waals surface area contributed by atoms with Crippen LogP contribution in [0.3, 0.4) is 0 Å². The second-order valence-corrected chi connectivity index (χ2v) is 10.5. The van der Waals surface area contributed by atoms with Crippen LogP contribution in [0.15, 0.2) is 52.5 Å². The highest BCUT2D eigenvalue weighted by Crippen LogP contribution is 2.35. The van der Waals surface area contributed by atoms with Gasteiger partial charge in [-0.2, -0.15) is 23.3 Å². The Balaban J connectivity index is 1.35. The fourth-order valence-electron chi connectivity index (χ4n) is 4.50. The molecule has 3 heterocycles. The number of carbonyl (C=O) groups excluding carboxylic acids is 1. The third-order valence-electron chi connectivity index (χ3n) is 6.45. The van der Waals surface area contributed by atoms with E-state index in [1.165, 1.54) is 28.6 Å². The molecule has 0 radical (unpaired) electrons. The Morgan fingerprint density at radius 1 is 1.28 bits per heavy atom. The number of hydrogen-bond acceptors (Lipinski definition) is 5. The molecular weight excluding hydrogens is 511 g/mol. The van der Waals surface area contributed by atoms with E-state index >= 15 is 0 Å². The maximum Gasteiger partial charge on any atom is 0.416 e. The molecule has 2 aliphatic heterocycles. The molecule has 188 valence electrons. The molecule has 2 aliphatic rings. The first-order valence-electron chi connectivity index (χ1n) is 11.4. The number of likely N-dealkylation sites (N-methyl/N-ethyl adjacent to an activating group) is 1. The van der Waals surface area contributed by atoms with E-state index in [1.807, 2.05) is 19.2 Å². The molecule has 2 atom stereocenters. The van der Waals surface area contributed by atoms with Gasteiger partial charge in [-0.15, -0.1) is 0 Å². The molecular formula is C25H23ClF3N5OS. The summed E-state index contributed by atoms with van der Waals surface area (Å²) in [5.74, 6) is -0.279. The summed E-state index contributed by atoms with van der Waals surface area (Å²) in [6.45, 7) is 2.94. The lowest BCUT2D eigenvalue weighted by Gasteiger charge is -2.24. The molecule has 1 N–H and O–H groups in total. The molecule has 0 aliphatic carbocycles. The highest BCUT2D eigenvalue weighted by Gasteiger charge is 2.34. The molecule has 3 aromatic rings. The van der Waals surface area contributed by atoms with E-state index in [9.17, 15) is 18.0 Å². The van der Waals surface area contributed by atoms with Crippen molar-refractivity contribution in [3.8, 4) is 0 Å². The van der Waals surface area contributed by atoms with Gasteiger partial charge < -0.3 is 10.2 Å². The smallest absolute Gasteiger partial charge is 0.350 e. The van der Waals surface area contributed by atoms with Gasteiger partial charge in [-0.05, 0) is 66.6 Å². The second kappa shape index (κ2) is 9.57. The predicted molar refractivity (Wildman–Crippen MR) is 137 cm³/mol. The Morgan fingerprint density at radius 3 is 2.81 bits per heavy atom. The highest BCUT2D eigenvalue weighted by molar-refractivity contribution is 8.18. The van der Waals surface area contributed by atoms with Crippen LogP contribution >= 0.6 is 23.4 Å². The Bertz CT molecular complexity index is 1400. The molecule has 6 nitrogen and oxygen atoms in total. The van der Waals surface area contributed by atoms with Crippen LogP contribution in [0.1, 0.15) is 30.0 Å². The number of aromatic nitrogens is 2. The lowest BCUT2D eigenvalue weighted by Crippen LogP contribution is -2.36. The minimum absolute atomic E-state index is 0.0289. The van der Waals surface area contributed by atoms with Gasteiger partial charge >= 0.3 is 6.18 Å². The summed E-state index contributed by atoms with van der Waals surface area (Å²) in [6, 6.07) is 9.94. The average molecular weight is 534 g/mol. The number of fused-ring (bicyclic) bond motifs is 1. The van der Waals surface area contributed by atoms with Crippen LogP contribution in [-0.2, 0) is 17.5 Å². The molecule has 5 rings (SSSR count). The number of nitrogens with zero attached hydrogens (tertiary/aromatic N) is 4. The Labute approximate surface area is 215 Å². The van der Waals surface area contributed by atoms with Gasteiger partial charge in [0.25, 0.3) is 5.91 Å². The van der Waals surface area contributed by atoms with Crippen molar-refractivity contribution in [2.45, 2.75) is 38.1 Å². The molecule has 1 amide bonds. The van der Waals surface area contributed by atoms with Crippen LogP contribution in [0.5, 0.6) is 0 Å². The Morgan fingerprint density at radius 2 is 2.08 bits per heavy atom. The number of amides is 1. The van der Waals surface area contributed by atoms with Crippen molar-refractivity contribution in [2.24, 2.45) is 4.99 Å². The largest absolute Gasteiger partial charge is 0.416 e. The van der Waals surface area contributed by atoms with Crippen molar-refractivity contribution in [3.05, 3.63) is 69.2 Å². The van der Waals surface area contributed by atoms with E-state index in [0.717, 1.165) is 30.0 Å². The van der Waals surface area contributed by atoms with Gasteiger partial charge in [0.2, 0.25) is 0 Å². The number of nitrogens with one attached hydrogen (secondary N) is 1. The number of amidine groups is 1. The van der Waals surface area contributed by atoms with Crippen molar-refractivity contribution in [3.63, 3.8) is 0 Å². The number of thioether (sulfide) groups is 1. The molecule has 1 fully saturated rings. The zero-order chi connectivity index (χ0) is 25.6. The third-order valence-corrected chi connectivity index (χ3v) is 7.76. The summed E-state index contributed by atoms with van der Waals surface area (Å²) in [5.41, 5.74) is 0.776. The molecule has 1 unspecified atom stereocenters. The van der Waals surface area contributed by atoms with E-state index in [4.69, 9.17) is 11.6 Å². The normalized spacial score (nSPS) is 21.6. The van der Waals surface area contributed by atoms with Crippen molar-refractivity contribution in [2.75, 3.05) is 13.6 Å². The molecule has 1 saturated heterocycles. The van der Waals surface area contributed by atoms with E-state index in [0.29, 0.717) is 27.7 Å². The summed E-state index contributed by atoms with van der Waals surface area (Å²) in [7, 11) is 1.96. The predicted octanol–water partition coefficient (Wildman–Crippen LogP) is 5.41. The maximum absolute atomic E-state index is 13.5. The minimum atomic E-state index is -4.52. The van der Waals surface area contributed by atoms with Crippen LogP contribution in [0.2, 0.25) is 5.02 Å². The van der Waals surface area contributed by atoms with Gasteiger partial charge in [0, 0.05) is 36.1 Å². The number of alkyl halides is 3. The fraction of sp³-hybridized carbons (Fsp3) is 0.320. The fourth-order valence-corrected chi connectivity index (χ4v) is 5.61. The van der Waals surface area contributed by atoms with Crippen LogP contribution in [0, 0.1) is 0 Å². The standard InChI is InChI=1S/C25H23ClF3N5OS/c1-14-7-19(12-30-14)33(2)24-32-23(35)22(36-24)9-15-3-6-21-17(8-15)11-31-34(21)13-16-4-5-18(26)10-20(16)25(27,28)29/h3-6,8-11,14,19,30H,7,12-13H2,1-2H3/b22-9-/t14-,19?/m1/s1. The van der Waals surface area contributed by atoms with Crippen molar-refractivity contribution in [1.29, 1.82) is 0 Å². The van der Waals surface area contributed by atoms with Crippen LogP contribution in [0.4, 0.5) is 13.2 Å². The van der Waals surface area contributed by atoms with Gasteiger partial charge in [-0.25, -0.2) is 0 Å². The lowest BCUT2D eigenvalue weighted by atomic mass is 10.1. The Hall–Kier alpha value is -2.82. The third kappa shape index (κ3) is 5.02. The first-order chi connectivity index (χ1) is 17.1. The topological polar surface area (TPSA) is 62.5 Å². The molecule has 0 spiro atoms. The summed E-state index contributed by atoms with van der Waals surface area (Å²) in [4.78, 5) is 19.4. The van der Waals surface area contributed by atoms with Crippen LogP contribution in [-0.4, -0.2) is 51.4 Å². The number of rotatable bonds is 4. The van der Waals surface area contributed by atoms with E-state index in [-0.39, 0.29) is 23.0 Å². The first kappa shape index (κ1) is 24.9. The number of carbonyl (C=O) groups is 1. The highest BCUT2D eigenvalue weighted by atomic mass is 35.5. The number of benzene rings is 2. The number of halogens is 4. The van der Waals surface area contributed by atoms with Crippen molar-refractivity contribution in [1.82, 2.24) is 20.0 Å². The lowest BCUT2D eigenvalue weighted by molar-refractivity contribution is -0.138. The van der Waals surface area contributed by atoms with Gasteiger partial charge in [-0.1, -0.05) is 23.7 Å². The molecule has 1 aromatic heterocycles. The molecule has 2 aromatic carbocycles. The van der Waals surface area contributed by atoms with Crippen molar-refractivity contribution >= 4 is 51.4 Å². The second-order valence-electron chi connectivity index (χ2n) is 9.04. The minimum Gasteiger partial charge on any atom is -0.350 e. The Kier molecular flexibility index (Phi) is 6.61. The van der Waals surface area contributed by atoms with Crippen LogP contribution in [0.25, 0.3) is 17.0 Å². The zero-order valence-corrected chi connectivity index (χ0v) is 21.1. The van der Waals surface area contributed by atoms with E-state index in [1.54, 1.807) is 18.3 Å². The average Bonchev–Trinajstić information content (AvgIpc) is 3.53. The van der Waals surface area contributed by atoms with Gasteiger partial charge in [0.1, 0.15) is 0 Å². The molecule has 0 bridgehead atoms. The quantitative estimate of drug-likeness (QED) is 0.454. The number of aliphatic imine (C=N–C) groups is 1. The maximum atomic E-state index is 13.5. The van der Waals surface area contributed by atoms with Crippen molar-refractivity contribution < 1.29 is 18.0 Å². The SMILES string of the molecule is C[C@@H]1CC(N(C)C2=NC(=O)/C(=C/c3ccc4c(cnn4Cc4ccc(Cl)cc4C(F)(F)F)c3)S2)CN1. The summed E-state index contributed by atoms with van der Waals surface area (Å²) in [6.07, 6.45) is -0.140. The molecule has 0 saturated carbocycles. The van der Waals surface area contributed by atoms with Gasteiger partial charge in [0.05, 0.1) is 28.7 Å². The van der Waals surface area contributed by atoms with E-state index in [2.05, 4.69) is 27.2 Å².